The van der Waals surface area contributed by atoms with Crippen molar-refractivity contribution in [3.63, 3.8) is 0 Å². The Hall–Kier alpha value is -2.73. The van der Waals surface area contributed by atoms with Gasteiger partial charge < -0.3 is 14.4 Å². The van der Waals surface area contributed by atoms with Gasteiger partial charge in [0.2, 0.25) is 0 Å². The van der Waals surface area contributed by atoms with Crippen LogP contribution in [-0.2, 0) is 11.3 Å². The van der Waals surface area contributed by atoms with Gasteiger partial charge in [-0.1, -0.05) is 17.7 Å². The molecule has 7 heteroatoms. The molecule has 0 radical (unpaired) electrons. The van der Waals surface area contributed by atoms with Gasteiger partial charge in [-0.25, -0.2) is 9.78 Å². The van der Waals surface area contributed by atoms with Crippen LogP contribution in [0.25, 0.3) is 22.4 Å². The summed E-state index contributed by atoms with van der Waals surface area (Å²) >= 11 is 6.34. The fourth-order valence-corrected chi connectivity index (χ4v) is 3.13. The van der Waals surface area contributed by atoms with Gasteiger partial charge in [-0.15, -0.1) is 0 Å². The highest BCUT2D eigenvalue weighted by molar-refractivity contribution is 6.35. The summed E-state index contributed by atoms with van der Waals surface area (Å²) in [5.74, 6) is 0.624. The summed E-state index contributed by atoms with van der Waals surface area (Å²) in [6.45, 7) is 8.00. The normalized spacial score (nSPS) is 11.6. The molecule has 0 atom stereocenters. The molecule has 0 fully saturated rings. The van der Waals surface area contributed by atoms with Gasteiger partial charge in [0.15, 0.2) is 0 Å². The zero-order valence-corrected chi connectivity index (χ0v) is 16.5. The van der Waals surface area contributed by atoms with E-state index in [0.29, 0.717) is 17.4 Å². The van der Waals surface area contributed by atoms with Crippen molar-refractivity contribution in [2.75, 3.05) is 5.32 Å². The van der Waals surface area contributed by atoms with Crippen molar-refractivity contribution >= 4 is 34.4 Å². The quantitative estimate of drug-likeness (QED) is 0.587. The maximum atomic E-state index is 11.9. The van der Waals surface area contributed by atoms with E-state index in [1.807, 2.05) is 29.7 Å². The summed E-state index contributed by atoms with van der Waals surface area (Å²) in [4.78, 5) is 16.6. The fraction of sp³-hybridized carbons (Fsp3) is 0.300. The number of anilines is 1. The van der Waals surface area contributed by atoms with Gasteiger partial charge >= 0.3 is 6.09 Å². The van der Waals surface area contributed by atoms with Crippen LogP contribution in [0.5, 0.6) is 5.75 Å². The molecule has 3 aromatic rings. The number of nitrogens with zero attached hydrogens (tertiary/aromatic N) is 2. The van der Waals surface area contributed by atoms with E-state index in [4.69, 9.17) is 16.3 Å². The molecular formula is C20H22ClN3O3. The summed E-state index contributed by atoms with van der Waals surface area (Å²) in [6.07, 6.45) is -0.627. The maximum Gasteiger partial charge on any atom is 0.412 e. The molecule has 1 amide bonds. The van der Waals surface area contributed by atoms with Crippen LogP contribution in [0, 0.1) is 0 Å². The van der Waals surface area contributed by atoms with Crippen molar-refractivity contribution in [2.24, 2.45) is 0 Å². The molecule has 2 aromatic carbocycles. The van der Waals surface area contributed by atoms with Crippen LogP contribution in [0.15, 0.2) is 36.4 Å². The highest BCUT2D eigenvalue weighted by Crippen LogP contribution is 2.33. The smallest absolute Gasteiger partial charge is 0.412 e. The Bertz CT molecular complexity index is 1010. The number of amides is 1. The van der Waals surface area contributed by atoms with E-state index >= 15 is 0 Å². The average molecular weight is 388 g/mol. The zero-order valence-electron chi connectivity index (χ0n) is 15.7. The number of halogens is 1. The number of carbonyl (C=O) groups excluding carboxylic acids is 1. The summed E-state index contributed by atoms with van der Waals surface area (Å²) in [6, 6.07) is 10.5. The molecule has 0 aliphatic carbocycles. The van der Waals surface area contributed by atoms with Gasteiger partial charge in [-0.3, -0.25) is 5.32 Å². The predicted octanol–water partition coefficient (Wildman–Crippen LogP) is 5.43. The van der Waals surface area contributed by atoms with Gasteiger partial charge in [0.25, 0.3) is 0 Å². The lowest BCUT2D eigenvalue weighted by Crippen LogP contribution is -2.27. The van der Waals surface area contributed by atoms with Crippen LogP contribution in [0.3, 0.4) is 0 Å². The Balaban J connectivity index is 1.96. The number of nitrogens with one attached hydrogen (secondary N) is 1. The van der Waals surface area contributed by atoms with Gasteiger partial charge in [-0.05, 0) is 58.0 Å². The predicted molar refractivity (Wildman–Crippen MR) is 107 cm³/mol. The summed E-state index contributed by atoms with van der Waals surface area (Å²) in [5.41, 5.74) is 2.01. The summed E-state index contributed by atoms with van der Waals surface area (Å²) in [5, 5.41) is 13.5. The van der Waals surface area contributed by atoms with Crippen LogP contribution in [0.4, 0.5) is 10.5 Å². The molecule has 27 heavy (non-hydrogen) atoms. The molecule has 1 aromatic heterocycles. The van der Waals surface area contributed by atoms with Crippen LogP contribution < -0.4 is 5.32 Å². The molecule has 0 unspecified atom stereocenters. The van der Waals surface area contributed by atoms with Crippen molar-refractivity contribution < 1.29 is 14.6 Å². The van der Waals surface area contributed by atoms with E-state index in [1.54, 1.807) is 39.0 Å². The number of para-hydroxylation sites is 1. The first-order chi connectivity index (χ1) is 12.7. The lowest BCUT2D eigenvalue weighted by atomic mass is 10.1. The Morgan fingerprint density at radius 1 is 1.30 bits per heavy atom. The highest BCUT2D eigenvalue weighted by Gasteiger charge is 2.19. The number of rotatable bonds is 3. The molecule has 0 aliphatic rings. The number of benzene rings is 2. The average Bonchev–Trinajstić information content (AvgIpc) is 2.95. The third kappa shape index (κ3) is 4.01. The van der Waals surface area contributed by atoms with E-state index < -0.39 is 11.7 Å². The minimum absolute atomic E-state index is 0.0702. The van der Waals surface area contributed by atoms with E-state index in [2.05, 4.69) is 10.3 Å². The third-order valence-electron chi connectivity index (χ3n) is 3.93. The molecule has 6 nitrogen and oxygen atoms in total. The Morgan fingerprint density at radius 2 is 2.04 bits per heavy atom. The van der Waals surface area contributed by atoms with Crippen LogP contribution in [0.2, 0.25) is 5.02 Å². The summed E-state index contributed by atoms with van der Waals surface area (Å²) < 4.78 is 7.20. The molecule has 0 saturated heterocycles. The van der Waals surface area contributed by atoms with Crippen molar-refractivity contribution in [1.29, 1.82) is 0 Å². The monoisotopic (exact) mass is 387 g/mol. The molecule has 0 bridgehead atoms. The number of phenolic OH excluding ortho intramolecular Hbond substituents is 1. The van der Waals surface area contributed by atoms with Crippen molar-refractivity contribution in [2.45, 2.75) is 39.8 Å². The number of carbonyl (C=O) groups is 1. The van der Waals surface area contributed by atoms with Gasteiger partial charge in [0, 0.05) is 12.1 Å². The number of phenols is 1. The lowest BCUT2D eigenvalue weighted by molar-refractivity contribution is 0.0635. The van der Waals surface area contributed by atoms with E-state index in [1.165, 1.54) is 0 Å². The van der Waals surface area contributed by atoms with Gasteiger partial charge in [0.1, 0.15) is 17.2 Å². The van der Waals surface area contributed by atoms with E-state index in [0.717, 1.165) is 16.6 Å². The molecule has 0 aliphatic heterocycles. The first kappa shape index (κ1) is 19.0. The molecule has 142 valence electrons. The largest absolute Gasteiger partial charge is 0.506 e. The van der Waals surface area contributed by atoms with Crippen molar-refractivity contribution in [3.05, 3.63) is 41.4 Å². The minimum Gasteiger partial charge on any atom is -0.506 e. The second-order valence-electron chi connectivity index (χ2n) is 7.15. The highest BCUT2D eigenvalue weighted by atomic mass is 35.5. The standard InChI is InChI=1S/C20H22ClN3O3/c1-5-24-17-13(21)7-6-8-15(17)22-18(24)12-9-10-14(16(25)11-12)23-19(26)27-20(2,3)4/h6-11,25H,5H2,1-4H3,(H,23,26). The minimum atomic E-state index is -0.627. The summed E-state index contributed by atoms with van der Waals surface area (Å²) in [7, 11) is 0. The molecule has 3 rings (SSSR count). The van der Waals surface area contributed by atoms with Crippen molar-refractivity contribution in [1.82, 2.24) is 9.55 Å². The Morgan fingerprint density at radius 3 is 2.67 bits per heavy atom. The molecule has 1 heterocycles. The lowest BCUT2D eigenvalue weighted by Gasteiger charge is -2.20. The van der Waals surface area contributed by atoms with Gasteiger partial charge in [-0.2, -0.15) is 0 Å². The van der Waals surface area contributed by atoms with Crippen LogP contribution >= 0.6 is 11.6 Å². The second kappa shape index (κ2) is 7.12. The number of hydrogen-bond acceptors (Lipinski definition) is 4. The van der Waals surface area contributed by atoms with Crippen molar-refractivity contribution in [3.8, 4) is 17.1 Å². The van der Waals surface area contributed by atoms with Crippen LogP contribution in [-0.4, -0.2) is 26.4 Å². The number of ether oxygens (including phenoxy) is 1. The zero-order chi connectivity index (χ0) is 19.8. The molecule has 2 N–H and O–H groups in total. The number of hydrogen-bond donors (Lipinski definition) is 2. The Labute approximate surface area is 162 Å². The van der Waals surface area contributed by atoms with E-state index in [-0.39, 0.29) is 11.4 Å². The first-order valence-corrected chi connectivity index (χ1v) is 9.05. The first-order valence-electron chi connectivity index (χ1n) is 8.67. The molecule has 0 spiro atoms. The number of fused-ring (bicyclic) bond motifs is 1. The maximum absolute atomic E-state index is 11.9. The Kier molecular flexibility index (Phi) is 5.02. The third-order valence-corrected chi connectivity index (χ3v) is 4.23. The second-order valence-corrected chi connectivity index (χ2v) is 7.55. The topological polar surface area (TPSA) is 76.4 Å². The SMILES string of the molecule is CCn1c(-c2ccc(NC(=O)OC(C)(C)C)c(O)c2)nc2cccc(Cl)c21. The fourth-order valence-electron chi connectivity index (χ4n) is 2.86. The number of imidazole rings is 1. The number of aryl methyl sites for hydroxylation is 1. The van der Waals surface area contributed by atoms with Crippen LogP contribution in [0.1, 0.15) is 27.7 Å². The number of aromatic hydroxyl groups is 1. The number of aromatic nitrogens is 2. The van der Waals surface area contributed by atoms with E-state index in [9.17, 15) is 9.90 Å². The van der Waals surface area contributed by atoms with Gasteiger partial charge in [0.05, 0.1) is 21.7 Å². The molecule has 0 saturated carbocycles. The molecular weight excluding hydrogens is 366 g/mol.